The fourth-order valence-electron chi connectivity index (χ4n) is 3.03. The van der Waals surface area contributed by atoms with E-state index in [9.17, 15) is 13.2 Å². The number of aromatic amines is 1. The second-order valence-electron chi connectivity index (χ2n) is 6.14. The van der Waals surface area contributed by atoms with E-state index < -0.39 is 10.2 Å². The molecule has 0 fully saturated rings. The average molecular weight is 413 g/mol. The van der Waals surface area contributed by atoms with E-state index >= 15 is 0 Å². The molecule has 1 aliphatic rings. The molecule has 0 aliphatic carbocycles. The Kier molecular flexibility index (Phi) is 4.03. The van der Waals surface area contributed by atoms with Crippen LogP contribution in [0.25, 0.3) is 10.9 Å². The predicted molar refractivity (Wildman–Crippen MR) is 102 cm³/mol. The highest BCUT2D eigenvalue weighted by Crippen LogP contribution is 2.40. The molecule has 26 heavy (non-hydrogen) atoms. The molecular formula is C16H14Cl2N4O3S. The molecule has 2 N–H and O–H groups in total. The molecule has 0 radical (unpaired) electrons. The third kappa shape index (κ3) is 2.79. The van der Waals surface area contributed by atoms with Crippen LogP contribution >= 0.6 is 23.2 Å². The first kappa shape index (κ1) is 17.4. The van der Waals surface area contributed by atoms with Crippen molar-refractivity contribution in [2.75, 3.05) is 4.72 Å². The molecule has 3 aromatic rings. The number of aryl methyl sites for hydroxylation is 1. The number of H-pyrrole nitrogens is 1. The lowest BCUT2D eigenvalue weighted by Crippen LogP contribution is -2.39. The molecule has 10 heteroatoms. The Hall–Kier alpha value is -2.00. The number of nitrogens with zero attached hydrogens (tertiary/aromatic N) is 2. The number of hydrogen-bond donors (Lipinski definition) is 2. The number of halogens is 2. The topological polar surface area (TPSA) is 87.2 Å². The van der Waals surface area contributed by atoms with Crippen LogP contribution < -0.4 is 10.3 Å². The molecule has 3 heterocycles. The van der Waals surface area contributed by atoms with Gasteiger partial charge >= 0.3 is 10.2 Å². The van der Waals surface area contributed by atoms with Crippen molar-refractivity contribution in [2.24, 2.45) is 7.05 Å². The van der Waals surface area contributed by atoms with E-state index in [-0.39, 0.29) is 18.6 Å². The van der Waals surface area contributed by atoms with Gasteiger partial charge in [0.25, 0.3) is 5.56 Å². The Bertz CT molecular complexity index is 1200. The number of aromatic nitrogens is 2. The number of benzene rings is 1. The highest BCUT2D eigenvalue weighted by Gasteiger charge is 2.31. The van der Waals surface area contributed by atoms with Gasteiger partial charge in [-0.3, -0.25) is 9.52 Å². The smallest absolute Gasteiger partial charge is 0.302 e. The number of anilines is 1. The first-order chi connectivity index (χ1) is 12.3. The van der Waals surface area contributed by atoms with E-state index in [0.717, 1.165) is 5.56 Å². The molecule has 0 spiro atoms. The lowest BCUT2D eigenvalue weighted by Gasteiger charge is -2.29. The van der Waals surface area contributed by atoms with Gasteiger partial charge in [-0.1, -0.05) is 23.2 Å². The summed E-state index contributed by atoms with van der Waals surface area (Å²) in [7, 11) is -2.15. The zero-order valence-corrected chi connectivity index (χ0v) is 15.9. The molecule has 1 aromatic carbocycles. The van der Waals surface area contributed by atoms with E-state index in [1.54, 1.807) is 31.6 Å². The normalized spacial score (nSPS) is 16.4. The van der Waals surface area contributed by atoms with Crippen LogP contribution in [-0.2, 0) is 30.3 Å². The van der Waals surface area contributed by atoms with Gasteiger partial charge in [-0.05, 0) is 23.3 Å². The molecule has 4 rings (SSSR count). The van der Waals surface area contributed by atoms with Crippen LogP contribution in [0.15, 0.2) is 35.4 Å². The Labute approximate surface area is 159 Å². The van der Waals surface area contributed by atoms with Gasteiger partial charge in [0, 0.05) is 44.0 Å². The molecular weight excluding hydrogens is 399 g/mol. The van der Waals surface area contributed by atoms with Crippen LogP contribution in [0.3, 0.4) is 0 Å². The zero-order valence-electron chi connectivity index (χ0n) is 13.6. The van der Waals surface area contributed by atoms with Gasteiger partial charge in [-0.25, -0.2) is 0 Å². The van der Waals surface area contributed by atoms with Crippen LogP contribution in [0.4, 0.5) is 5.69 Å². The van der Waals surface area contributed by atoms with E-state index in [2.05, 4.69) is 9.71 Å². The molecule has 0 bridgehead atoms. The molecule has 0 atom stereocenters. The third-order valence-electron chi connectivity index (χ3n) is 4.39. The van der Waals surface area contributed by atoms with Gasteiger partial charge < -0.3 is 9.55 Å². The minimum absolute atomic E-state index is 0.0754. The maximum Gasteiger partial charge on any atom is 0.302 e. The molecule has 0 unspecified atom stereocenters. The number of rotatable bonds is 2. The minimum atomic E-state index is -3.78. The summed E-state index contributed by atoms with van der Waals surface area (Å²) in [5.74, 6) is 0. The van der Waals surface area contributed by atoms with E-state index in [4.69, 9.17) is 23.2 Å². The Morgan fingerprint density at radius 1 is 1.23 bits per heavy atom. The van der Waals surface area contributed by atoms with Crippen molar-refractivity contribution in [2.45, 2.75) is 13.1 Å². The largest absolute Gasteiger partial charge is 0.358 e. The van der Waals surface area contributed by atoms with Gasteiger partial charge in [0.05, 0.1) is 21.2 Å². The van der Waals surface area contributed by atoms with Crippen molar-refractivity contribution in [3.8, 4) is 0 Å². The molecule has 1 aliphatic heterocycles. The predicted octanol–water partition coefficient (Wildman–Crippen LogP) is 2.85. The van der Waals surface area contributed by atoms with E-state index in [1.807, 2.05) is 0 Å². The van der Waals surface area contributed by atoms with Crippen molar-refractivity contribution >= 4 is 50.0 Å². The standard InChI is InChI=1S/C16H14Cl2N4O3S/c1-21-3-2-9(4-13(21)23)7-22-8-10-5-11(17)14-12(18)6-19-16(14)15(10)20-26(22,24)25/h2-6,19-20H,7-8H2,1H3. The van der Waals surface area contributed by atoms with Crippen molar-refractivity contribution < 1.29 is 8.42 Å². The maximum atomic E-state index is 12.7. The van der Waals surface area contributed by atoms with Crippen molar-refractivity contribution in [3.63, 3.8) is 0 Å². The highest BCUT2D eigenvalue weighted by atomic mass is 35.5. The summed E-state index contributed by atoms with van der Waals surface area (Å²) in [6, 6.07) is 4.84. The number of hydrogen-bond acceptors (Lipinski definition) is 3. The van der Waals surface area contributed by atoms with Crippen LogP contribution in [0.2, 0.25) is 10.0 Å². The SMILES string of the molecule is Cn1ccc(CN2Cc3cc(Cl)c4c(Cl)c[nH]c4c3NS2(=O)=O)cc1=O. The second-order valence-corrected chi connectivity index (χ2v) is 8.62. The number of nitrogens with one attached hydrogen (secondary N) is 2. The summed E-state index contributed by atoms with van der Waals surface area (Å²) < 4.78 is 30.6. The Morgan fingerprint density at radius 3 is 2.73 bits per heavy atom. The lowest BCUT2D eigenvalue weighted by atomic mass is 10.1. The summed E-state index contributed by atoms with van der Waals surface area (Å²) in [6.45, 7) is 0.207. The molecule has 2 aromatic heterocycles. The summed E-state index contributed by atoms with van der Waals surface area (Å²) >= 11 is 12.4. The second kappa shape index (κ2) is 6.02. The summed E-state index contributed by atoms with van der Waals surface area (Å²) in [5.41, 5.74) is 2.12. The Balaban J connectivity index is 1.77. The molecule has 0 saturated heterocycles. The van der Waals surface area contributed by atoms with Gasteiger partial charge in [0.2, 0.25) is 0 Å². The van der Waals surface area contributed by atoms with Gasteiger partial charge in [0.1, 0.15) is 0 Å². The summed E-state index contributed by atoms with van der Waals surface area (Å²) in [5, 5.41) is 1.45. The van der Waals surface area contributed by atoms with Gasteiger partial charge in [-0.15, -0.1) is 0 Å². The van der Waals surface area contributed by atoms with Crippen LogP contribution in [0, 0.1) is 0 Å². The maximum absolute atomic E-state index is 12.7. The molecule has 0 amide bonds. The van der Waals surface area contributed by atoms with Crippen molar-refractivity contribution in [1.29, 1.82) is 0 Å². The number of pyridine rings is 1. The van der Waals surface area contributed by atoms with Crippen LogP contribution in [0.5, 0.6) is 0 Å². The minimum Gasteiger partial charge on any atom is -0.358 e. The van der Waals surface area contributed by atoms with Crippen LogP contribution in [-0.4, -0.2) is 22.3 Å². The fraction of sp³-hybridized carbons (Fsp3) is 0.188. The zero-order chi connectivity index (χ0) is 18.6. The monoisotopic (exact) mass is 412 g/mol. The third-order valence-corrected chi connectivity index (χ3v) is 6.38. The summed E-state index contributed by atoms with van der Waals surface area (Å²) in [4.78, 5) is 14.7. The van der Waals surface area contributed by atoms with Gasteiger partial charge in [-0.2, -0.15) is 12.7 Å². The summed E-state index contributed by atoms with van der Waals surface area (Å²) in [6.07, 6.45) is 3.18. The van der Waals surface area contributed by atoms with Crippen molar-refractivity contribution in [1.82, 2.24) is 13.9 Å². The quantitative estimate of drug-likeness (QED) is 0.678. The van der Waals surface area contributed by atoms with Crippen molar-refractivity contribution in [3.05, 3.63) is 62.1 Å². The lowest BCUT2D eigenvalue weighted by molar-refractivity contribution is 0.400. The van der Waals surface area contributed by atoms with E-state index in [0.29, 0.717) is 32.2 Å². The van der Waals surface area contributed by atoms with Gasteiger partial charge in [0.15, 0.2) is 0 Å². The highest BCUT2D eigenvalue weighted by molar-refractivity contribution is 7.90. The first-order valence-corrected chi connectivity index (χ1v) is 9.87. The molecule has 7 nitrogen and oxygen atoms in total. The van der Waals surface area contributed by atoms with E-state index in [1.165, 1.54) is 14.9 Å². The van der Waals surface area contributed by atoms with Crippen LogP contribution in [0.1, 0.15) is 11.1 Å². The fourth-order valence-corrected chi connectivity index (χ4v) is 4.91. The number of fused-ring (bicyclic) bond motifs is 3. The molecule has 0 saturated carbocycles. The Morgan fingerprint density at radius 2 is 2.00 bits per heavy atom. The first-order valence-electron chi connectivity index (χ1n) is 7.67. The average Bonchev–Trinajstić information content (AvgIpc) is 2.95. The molecule has 136 valence electrons.